The summed E-state index contributed by atoms with van der Waals surface area (Å²) in [6, 6.07) is 5.96. The Balaban J connectivity index is 1.69. The van der Waals surface area contributed by atoms with Crippen molar-refractivity contribution in [3.63, 3.8) is 0 Å². The van der Waals surface area contributed by atoms with Crippen LogP contribution in [0.1, 0.15) is 30.7 Å². The van der Waals surface area contributed by atoms with Gasteiger partial charge in [-0.1, -0.05) is 6.07 Å². The number of amides is 1. The first-order chi connectivity index (χ1) is 10.6. The van der Waals surface area contributed by atoms with E-state index in [1.807, 2.05) is 30.0 Å². The second-order valence-electron chi connectivity index (χ2n) is 6.63. The normalized spacial score (nSPS) is 26.1. The maximum atomic E-state index is 12.9. The lowest BCUT2D eigenvalue weighted by molar-refractivity contribution is -0.139. The Bertz CT molecular complexity index is 546. The number of rotatable bonds is 4. The second kappa shape index (κ2) is 6.34. The molecule has 3 rings (SSSR count). The highest BCUT2D eigenvalue weighted by Gasteiger charge is 2.48. The highest BCUT2D eigenvalue weighted by molar-refractivity contribution is 5.85. The quantitative estimate of drug-likeness (QED) is 0.908. The summed E-state index contributed by atoms with van der Waals surface area (Å²) in [6.07, 6.45) is 2.95. The average Bonchev–Trinajstić information content (AvgIpc) is 2.77. The Kier molecular flexibility index (Phi) is 4.45. The molecule has 1 amide bonds. The number of nitrogens with zero attached hydrogens (tertiary/aromatic N) is 3. The summed E-state index contributed by atoms with van der Waals surface area (Å²) >= 11 is 0. The number of aromatic nitrogens is 1. The summed E-state index contributed by atoms with van der Waals surface area (Å²) in [6.45, 7) is 6.04. The molecule has 0 radical (unpaired) electrons. The number of β-amino-alcohol motifs (C(OH)–C–C–N with tert-alkyl or cyclic N) is 1. The first-order valence-electron chi connectivity index (χ1n) is 8.18. The smallest absolute Gasteiger partial charge is 0.230 e. The van der Waals surface area contributed by atoms with Gasteiger partial charge in [-0.3, -0.25) is 14.7 Å². The van der Waals surface area contributed by atoms with Gasteiger partial charge in [-0.2, -0.15) is 0 Å². The molecule has 0 bridgehead atoms. The third kappa shape index (κ3) is 3.01. The van der Waals surface area contributed by atoms with Crippen LogP contribution < -0.4 is 0 Å². The Morgan fingerprint density at radius 3 is 2.95 bits per heavy atom. The number of aryl methyl sites for hydroxylation is 1. The van der Waals surface area contributed by atoms with Gasteiger partial charge >= 0.3 is 0 Å². The van der Waals surface area contributed by atoms with Crippen molar-refractivity contribution in [2.24, 2.45) is 5.41 Å². The van der Waals surface area contributed by atoms with Crippen molar-refractivity contribution in [1.29, 1.82) is 0 Å². The zero-order valence-electron chi connectivity index (χ0n) is 13.3. The summed E-state index contributed by atoms with van der Waals surface area (Å²) in [4.78, 5) is 21.6. The minimum absolute atomic E-state index is 0.168. The Morgan fingerprint density at radius 2 is 2.18 bits per heavy atom. The number of hydrogen-bond donors (Lipinski definition) is 1. The first kappa shape index (κ1) is 15.4. The number of aliphatic hydroxyl groups excluding tert-OH is 1. The van der Waals surface area contributed by atoms with Crippen LogP contribution in [0.3, 0.4) is 0 Å². The number of pyridine rings is 1. The fourth-order valence-corrected chi connectivity index (χ4v) is 3.86. The molecule has 2 saturated heterocycles. The second-order valence-corrected chi connectivity index (χ2v) is 6.63. The molecule has 3 heterocycles. The van der Waals surface area contributed by atoms with Crippen molar-refractivity contribution in [2.45, 2.75) is 32.7 Å². The van der Waals surface area contributed by atoms with Crippen LogP contribution in [0.4, 0.5) is 0 Å². The third-order valence-corrected chi connectivity index (χ3v) is 4.97. The van der Waals surface area contributed by atoms with Gasteiger partial charge in [0.25, 0.3) is 0 Å². The first-order valence-corrected chi connectivity index (χ1v) is 8.18. The molecule has 2 aliphatic heterocycles. The SMILES string of the molecule is Cc1cccc(CN2CCC3(CCCN(CCO)C3)C2=O)n1. The van der Waals surface area contributed by atoms with Crippen LogP contribution in [-0.4, -0.2) is 58.6 Å². The zero-order chi connectivity index (χ0) is 15.6. The molecule has 0 aliphatic carbocycles. The molecule has 5 nitrogen and oxygen atoms in total. The van der Waals surface area contributed by atoms with Crippen LogP contribution >= 0.6 is 0 Å². The molecule has 1 spiro atoms. The monoisotopic (exact) mass is 303 g/mol. The molecular weight excluding hydrogens is 278 g/mol. The van der Waals surface area contributed by atoms with Crippen molar-refractivity contribution in [3.05, 3.63) is 29.6 Å². The Labute approximate surface area is 131 Å². The zero-order valence-corrected chi connectivity index (χ0v) is 13.3. The van der Waals surface area contributed by atoms with E-state index in [-0.39, 0.29) is 17.9 Å². The predicted octanol–water partition coefficient (Wildman–Crippen LogP) is 1.20. The van der Waals surface area contributed by atoms with E-state index in [4.69, 9.17) is 5.11 Å². The van der Waals surface area contributed by atoms with Crippen molar-refractivity contribution in [2.75, 3.05) is 32.8 Å². The minimum Gasteiger partial charge on any atom is -0.395 e. The molecule has 1 N–H and O–H groups in total. The fraction of sp³-hybridized carbons (Fsp3) is 0.647. The lowest BCUT2D eigenvalue weighted by atomic mass is 9.78. The number of likely N-dealkylation sites (tertiary alicyclic amines) is 2. The number of piperidine rings is 1. The molecule has 0 aromatic carbocycles. The van der Waals surface area contributed by atoms with Crippen LogP contribution in [0.25, 0.3) is 0 Å². The summed E-state index contributed by atoms with van der Waals surface area (Å²) in [7, 11) is 0. The van der Waals surface area contributed by atoms with Gasteiger partial charge in [-0.15, -0.1) is 0 Å². The van der Waals surface area contributed by atoms with E-state index in [1.165, 1.54) is 0 Å². The summed E-state index contributed by atoms with van der Waals surface area (Å²) in [5.74, 6) is 0.276. The lowest BCUT2D eigenvalue weighted by Crippen LogP contribution is -2.48. The third-order valence-electron chi connectivity index (χ3n) is 4.97. The van der Waals surface area contributed by atoms with E-state index in [1.54, 1.807) is 0 Å². The van der Waals surface area contributed by atoms with E-state index < -0.39 is 0 Å². The molecule has 22 heavy (non-hydrogen) atoms. The largest absolute Gasteiger partial charge is 0.395 e. The highest BCUT2D eigenvalue weighted by atomic mass is 16.3. The molecule has 1 atom stereocenters. The van der Waals surface area contributed by atoms with Gasteiger partial charge in [-0.05, 0) is 44.9 Å². The maximum Gasteiger partial charge on any atom is 0.230 e. The van der Waals surface area contributed by atoms with Crippen LogP contribution in [0.2, 0.25) is 0 Å². The van der Waals surface area contributed by atoms with E-state index >= 15 is 0 Å². The van der Waals surface area contributed by atoms with Gasteiger partial charge in [0.2, 0.25) is 5.91 Å². The standard InChI is InChI=1S/C17H25N3O2/c1-14-4-2-5-15(18-14)12-20-9-7-17(16(20)22)6-3-8-19(13-17)10-11-21/h2,4-5,21H,3,6-13H2,1H3. The van der Waals surface area contributed by atoms with Crippen molar-refractivity contribution in [1.82, 2.24) is 14.8 Å². The molecule has 1 unspecified atom stereocenters. The van der Waals surface area contributed by atoms with Crippen molar-refractivity contribution < 1.29 is 9.90 Å². The van der Waals surface area contributed by atoms with E-state index in [9.17, 15) is 4.79 Å². The van der Waals surface area contributed by atoms with Gasteiger partial charge in [0, 0.05) is 25.3 Å². The minimum atomic E-state index is -0.225. The van der Waals surface area contributed by atoms with Crippen LogP contribution in [0, 0.1) is 12.3 Å². The van der Waals surface area contributed by atoms with Gasteiger partial charge in [0.1, 0.15) is 0 Å². The van der Waals surface area contributed by atoms with Gasteiger partial charge < -0.3 is 10.0 Å². The van der Waals surface area contributed by atoms with Gasteiger partial charge in [0.05, 0.1) is 24.3 Å². The molecule has 1 aromatic heterocycles. The van der Waals surface area contributed by atoms with E-state index in [0.717, 1.165) is 50.3 Å². The Hall–Kier alpha value is -1.46. The van der Waals surface area contributed by atoms with Crippen molar-refractivity contribution in [3.8, 4) is 0 Å². The highest BCUT2D eigenvalue weighted by Crippen LogP contribution is 2.40. The number of carbonyl (C=O) groups is 1. The maximum absolute atomic E-state index is 12.9. The number of hydrogen-bond acceptors (Lipinski definition) is 4. The van der Waals surface area contributed by atoms with Crippen LogP contribution in [0.15, 0.2) is 18.2 Å². The van der Waals surface area contributed by atoms with Gasteiger partial charge in [-0.25, -0.2) is 0 Å². The predicted molar refractivity (Wildman–Crippen MR) is 84.2 cm³/mol. The van der Waals surface area contributed by atoms with Crippen LogP contribution in [-0.2, 0) is 11.3 Å². The molecular formula is C17H25N3O2. The molecule has 120 valence electrons. The number of carbonyl (C=O) groups excluding carboxylic acids is 1. The van der Waals surface area contributed by atoms with Crippen molar-refractivity contribution >= 4 is 5.91 Å². The topological polar surface area (TPSA) is 56.7 Å². The summed E-state index contributed by atoms with van der Waals surface area (Å²) in [5, 5.41) is 9.14. The Morgan fingerprint density at radius 1 is 1.32 bits per heavy atom. The molecule has 2 aliphatic rings. The summed E-state index contributed by atoms with van der Waals surface area (Å²) in [5.41, 5.74) is 1.73. The lowest BCUT2D eigenvalue weighted by Gasteiger charge is -2.38. The molecule has 2 fully saturated rings. The van der Waals surface area contributed by atoms with E-state index in [2.05, 4.69) is 9.88 Å². The number of aliphatic hydroxyl groups is 1. The average molecular weight is 303 g/mol. The fourth-order valence-electron chi connectivity index (χ4n) is 3.86. The summed E-state index contributed by atoms with van der Waals surface area (Å²) < 4.78 is 0. The molecule has 5 heteroatoms. The molecule has 1 aromatic rings. The van der Waals surface area contributed by atoms with Crippen LogP contribution in [0.5, 0.6) is 0 Å². The van der Waals surface area contributed by atoms with E-state index in [0.29, 0.717) is 13.1 Å². The molecule has 0 saturated carbocycles. The van der Waals surface area contributed by atoms with Gasteiger partial charge in [0.15, 0.2) is 0 Å².